The summed E-state index contributed by atoms with van der Waals surface area (Å²) in [5.74, 6) is -2.50. The van der Waals surface area contributed by atoms with Gasteiger partial charge in [-0.05, 0) is 63.2 Å². The summed E-state index contributed by atoms with van der Waals surface area (Å²) in [4.78, 5) is 68.6. The highest BCUT2D eigenvalue weighted by Gasteiger charge is 2.33. The predicted octanol–water partition coefficient (Wildman–Crippen LogP) is 2.96. The number of nitrogens with two attached hydrogens (primary N) is 1. The van der Waals surface area contributed by atoms with Gasteiger partial charge in [0, 0.05) is 68.4 Å². The van der Waals surface area contributed by atoms with Gasteiger partial charge in [0.2, 0.25) is 11.6 Å². The minimum absolute atomic E-state index is 0.143. The van der Waals surface area contributed by atoms with Crippen LogP contribution in [0.25, 0.3) is 0 Å². The fraction of sp³-hybridized carbons (Fsp3) is 0.474. The monoisotopic (exact) mass is 721 g/mol. The van der Waals surface area contributed by atoms with Crippen LogP contribution in [0.15, 0.2) is 83.0 Å². The fourth-order valence-corrected chi connectivity index (χ4v) is 6.05. The van der Waals surface area contributed by atoms with Crippen molar-refractivity contribution in [1.29, 1.82) is 0 Å². The number of hydrogen-bond donors (Lipinski definition) is 5. The van der Waals surface area contributed by atoms with Crippen LogP contribution in [0.3, 0.4) is 0 Å². The number of primary amides is 1. The van der Waals surface area contributed by atoms with Gasteiger partial charge in [0.25, 0.3) is 11.8 Å². The van der Waals surface area contributed by atoms with Gasteiger partial charge in [-0.15, -0.1) is 0 Å². The van der Waals surface area contributed by atoms with E-state index in [-0.39, 0.29) is 40.8 Å². The standard InChI is InChI=1S/C38H51N5O9/c1-22-18-27-32(41-14-7-8-15-42-37(48)26-12-16-40-17-13-26)29(44)21-28(34(27)46)43-36(47)23(2)10-9-11-30(50-5)35(52-38(39)49)25(4)20-24(3)33(45)31(19-22)51-6/h9-13,16-17,20-22,24,30-31,33,35,41,45H,7-8,14-15,18-19H2,1-6H3,(H2,39,49)(H,42,48)(H,43,47)/b11-9-,23-10+,25-20+/t22-,24+,30+,31+,33-,35+/m1/s1. The highest BCUT2D eigenvalue weighted by molar-refractivity contribution is 6.23. The summed E-state index contributed by atoms with van der Waals surface area (Å²) in [7, 11) is 2.91. The molecular weight excluding hydrogens is 670 g/mol. The van der Waals surface area contributed by atoms with Gasteiger partial charge in [0.15, 0.2) is 6.10 Å². The Labute approximate surface area is 304 Å². The molecule has 6 atom stereocenters. The molecule has 0 radical (unpaired) electrons. The fourth-order valence-electron chi connectivity index (χ4n) is 6.05. The number of carbonyl (C=O) groups excluding carboxylic acids is 5. The van der Waals surface area contributed by atoms with E-state index in [1.54, 1.807) is 63.5 Å². The molecule has 1 aliphatic heterocycles. The number of nitrogens with one attached hydrogen (secondary N) is 3. The molecule has 1 aromatic heterocycles. The zero-order valence-electron chi connectivity index (χ0n) is 30.6. The van der Waals surface area contributed by atoms with Crippen LogP contribution in [-0.4, -0.2) is 91.3 Å². The molecule has 1 aliphatic carbocycles. The van der Waals surface area contributed by atoms with Crippen LogP contribution in [0.4, 0.5) is 4.79 Å². The van der Waals surface area contributed by atoms with E-state index in [2.05, 4.69) is 20.9 Å². The van der Waals surface area contributed by atoms with Crippen molar-refractivity contribution in [2.45, 2.75) is 77.8 Å². The number of methoxy groups -OCH3 is 2. The maximum absolute atomic E-state index is 13.9. The van der Waals surface area contributed by atoms with E-state index >= 15 is 0 Å². The lowest BCUT2D eigenvalue weighted by Crippen LogP contribution is -2.38. The number of aliphatic hydroxyl groups excluding tert-OH is 1. The number of amides is 3. The number of aliphatic hydroxyl groups is 1. The summed E-state index contributed by atoms with van der Waals surface area (Å²) < 4.78 is 16.7. The number of ketones is 2. The molecule has 2 heterocycles. The molecule has 2 bridgehead atoms. The number of Topliss-reactive ketones (excluding diaryl/α,β-unsaturated/α-hetero) is 1. The van der Waals surface area contributed by atoms with Gasteiger partial charge in [0.05, 0.1) is 23.6 Å². The van der Waals surface area contributed by atoms with Gasteiger partial charge < -0.3 is 41.0 Å². The Balaban J connectivity index is 1.88. The van der Waals surface area contributed by atoms with Crippen molar-refractivity contribution in [3.8, 4) is 0 Å². The van der Waals surface area contributed by atoms with Gasteiger partial charge in [-0.25, -0.2) is 4.79 Å². The summed E-state index contributed by atoms with van der Waals surface area (Å²) in [5.41, 5.74) is 6.88. The molecule has 3 rings (SSSR count). The SMILES string of the molecule is CO[C@H]1/C=C\C=C(/C)C(=O)NC2=CC(=O)C(NCCCCNC(=O)c3ccncc3)=C(C[C@@H](C)C[C@H](OC)[C@H](O)[C@@H](C)/C=C(\C)[C@@H]1OC(N)=O)C2=O. The summed E-state index contributed by atoms with van der Waals surface area (Å²) in [6, 6.07) is 3.25. The number of pyridine rings is 1. The molecule has 14 nitrogen and oxygen atoms in total. The van der Waals surface area contributed by atoms with Crippen LogP contribution < -0.4 is 21.7 Å². The van der Waals surface area contributed by atoms with E-state index < -0.39 is 53.9 Å². The number of fused-ring (bicyclic) bond motifs is 2. The molecule has 0 spiro atoms. The lowest BCUT2D eigenvalue weighted by Gasteiger charge is -2.30. The molecule has 3 amide bonds. The quantitative estimate of drug-likeness (QED) is 0.135. The molecule has 0 aromatic carbocycles. The maximum atomic E-state index is 13.9. The molecule has 2 aliphatic rings. The predicted molar refractivity (Wildman–Crippen MR) is 193 cm³/mol. The number of allylic oxidation sites excluding steroid dienone is 4. The van der Waals surface area contributed by atoms with Crippen LogP contribution in [0.2, 0.25) is 0 Å². The Kier molecular flexibility index (Phi) is 16.1. The van der Waals surface area contributed by atoms with Gasteiger partial charge in [-0.1, -0.05) is 38.2 Å². The lowest BCUT2D eigenvalue weighted by molar-refractivity contribution is -0.120. The highest BCUT2D eigenvalue weighted by Crippen LogP contribution is 2.29. The maximum Gasteiger partial charge on any atom is 0.405 e. The molecule has 282 valence electrons. The summed E-state index contributed by atoms with van der Waals surface area (Å²) in [5, 5.41) is 19.9. The third-order valence-corrected chi connectivity index (χ3v) is 8.93. The topological polar surface area (TPSA) is 208 Å². The normalized spacial score (nSPS) is 27.7. The van der Waals surface area contributed by atoms with Gasteiger partial charge in [0.1, 0.15) is 6.10 Å². The van der Waals surface area contributed by atoms with Crippen molar-refractivity contribution in [1.82, 2.24) is 20.9 Å². The minimum Gasteiger partial charge on any atom is -0.439 e. The second kappa shape index (κ2) is 20.2. The largest absolute Gasteiger partial charge is 0.439 e. The van der Waals surface area contributed by atoms with Crippen molar-refractivity contribution < 1.29 is 43.3 Å². The number of rotatable bonds is 10. The van der Waals surface area contributed by atoms with E-state index in [0.717, 1.165) is 6.08 Å². The van der Waals surface area contributed by atoms with E-state index in [0.29, 0.717) is 43.5 Å². The number of unbranched alkanes of at least 4 members (excludes halogenated alkanes) is 1. The van der Waals surface area contributed by atoms with Crippen molar-refractivity contribution in [2.24, 2.45) is 17.6 Å². The van der Waals surface area contributed by atoms with Crippen molar-refractivity contribution in [2.75, 3.05) is 27.3 Å². The third-order valence-electron chi connectivity index (χ3n) is 8.93. The molecule has 6 N–H and O–H groups in total. The summed E-state index contributed by atoms with van der Waals surface area (Å²) in [6.45, 7) is 7.72. The van der Waals surface area contributed by atoms with E-state index in [4.69, 9.17) is 19.9 Å². The Hall–Kier alpha value is -4.92. The van der Waals surface area contributed by atoms with Crippen LogP contribution >= 0.6 is 0 Å². The lowest BCUT2D eigenvalue weighted by atomic mass is 9.85. The van der Waals surface area contributed by atoms with Crippen LogP contribution in [0, 0.1) is 11.8 Å². The number of ether oxygens (including phenoxy) is 3. The smallest absolute Gasteiger partial charge is 0.405 e. The Bertz CT molecular complexity index is 1620. The second-order valence-corrected chi connectivity index (χ2v) is 13.1. The first-order valence-corrected chi connectivity index (χ1v) is 17.3. The molecule has 0 saturated heterocycles. The Morgan fingerprint density at radius 1 is 1.06 bits per heavy atom. The van der Waals surface area contributed by atoms with Crippen molar-refractivity contribution >= 4 is 29.5 Å². The summed E-state index contributed by atoms with van der Waals surface area (Å²) >= 11 is 0. The van der Waals surface area contributed by atoms with E-state index in [1.807, 2.05) is 6.92 Å². The summed E-state index contributed by atoms with van der Waals surface area (Å²) in [6.07, 6.45) is 7.84. The zero-order chi connectivity index (χ0) is 38.4. The van der Waals surface area contributed by atoms with Crippen LogP contribution in [-0.2, 0) is 28.6 Å². The second-order valence-electron chi connectivity index (χ2n) is 13.1. The molecule has 0 unspecified atom stereocenters. The van der Waals surface area contributed by atoms with Gasteiger partial charge >= 0.3 is 6.09 Å². The van der Waals surface area contributed by atoms with Crippen LogP contribution in [0.1, 0.15) is 63.7 Å². The Morgan fingerprint density at radius 3 is 2.40 bits per heavy atom. The number of nitrogens with zero attached hydrogens (tertiary/aromatic N) is 1. The molecule has 0 fully saturated rings. The van der Waals surface area contributed by atoms with Crippen molar-refractivity contribution in [3.05, 3.63) is 88.6 Å². The molecule has 52 heavy (non-hydrogen) atoms. The first-order valence-electron chi connectivity index (χ1n) is 17.3. The first-order chi connectivity index (χ1) is 24.8. The average molecular weight is 722 g/mol. The highest BCUT2D eigenvalue weighted by atomic mass is 16.6. The van der Waals surface area contributed by atoms with Gasteiger partial charge in [-0.2, -0.15) is 0 Å². The first kappa shape index (κ1) is 41.5. The number of carbonyl (C=O) groups is 5. The van der Waals surface area contributed by atoms with E-state index in [1.165, 1.54) is 20.3 Å². The minimum atomic E-state index is -1.01. The van der Waals surface area contributed by atoms with Crippen LogP contribution in [0.5, 0.6) is 0 Å². The zero-order valence-corrected chi connectivity index (χ0v) is 30.6. The van der Waals surface area contributed by atoms with Crippen molar-refractivity contribution in [3.63, 3.8) is 0 Å². The van der Waals surface area contributed by atoms with Gasteiger partial charge in [-0.3, -0.25) is 24.2 Å². The Morgan fingerprint density at radius 2 is 1.75 bits per heavy atom. The average Bonchev–Trinajstić information content (AvgIpc) is 3.11. The molecule has 0 saturated carbocycles. The number of hydrogen-bond acceptors (Lipinski definition) is 11. The molecule has 1 aromatic rings. The number of aromatic nitrogens is 1. The van der Waals surface area contributed by atoms with E-state index in [9.17, 15) is 29.1 Å². The molecule has 14 heteroatoms. The third kappa shape index (κ3) is 11.8. The molecular formula is C38H51N5O9.